The van der Waals surface area contributed by atoms with Gasteiger partial charge in [-0.05, 0) is 53.2 Å². The first-order valence-corrected chi connectivity index (χ1v) is 9.65. The zero-order valence-electron chi connectivity index (χ0n) is 18.1. The summed E-state index contributed by atoms with van der Waals surface area (Å²) in [5, 5.41) is 17.3. The predicted octanol–water partition coefficient (Wildman–Crippen LogP) is 3.66. The molecule has 0 saturated heterocycles. The largest absolute Gasteiger partial charge is 0.475 e. The van der Waals surface area contributed by atoms with Crippen LogP contribution < -0.4 is 15.4 Å². The molecule has 3 N–H and O–H groups in total. The quantitative estimate of drug-likeness (QED) is 0.282. The Morgan fingerprint density at radius 3 is 2.55 bits per heavy atom. The predicted molar refractivity (Wildman–Crippen MR) is 126 cm³/mol. The van der Waals surface area contributed by atoms with E-state index in [2.05, 4.69) is 20.6 Å². The van der Waals surface area contributed by atoms with Crippen molar-refractivity contribution < 1.29 is 14.3 Å². The van der Waals surface area contributed by atoms with Crippen LogP contribution in [0.4, 0.5) is 0 Å². The third-order valence-electron chi connectivity index (χ3n) is 4.14. The van der Waals surface area contributed by atoms with Gasteiger partial charge in [0, 0.05) is 24.4 Å². The van der Waals surface area contributed by atoms with Gasteiger partial charge in [-0.3, -0.25) is 0 Å². The van der Waals surface area contributed by atoms with Crippen LogP contribution >= 0.6 is 24.0 Å². The number of nitrogens with zero attached hydrogens (tertiary/aromatic N) is 2. The van der Waals surface area contributed by atoms with Crippen molar-refractivity contribution in [2.45, 2.75) is 59.8 Å². The zero-order chi connectivity index (χ0) is 20.7. The minimum absolute atomic E-state index is 0. The third kappa shape index (κ3) is 7.85. The second-order valence-electron chi connectivity index (χ2n) is 7.32. The van der Waals surface area contributed by atoms with Gasteiger partial charge in [-0.15, -0.1) is 24.0 Å². The van der Waals surface area contributed by atoms with Crippen LogP contribution in [0.2, 0.25) is 0 Å². The first-order valence-electron chi connectivity index (χ1n) is 9.65. The molecule has 0 aliphatic carbocycles. The summed E-state index contributed by atoms with van der Waals surface area (Å²) in [7, 11) is 0. The molecule has 7 nitrogen and oxygen atoms in total. The van der Waals surface area contributed by atoms with Crippen molar-refractivity contribution in [3.8, 4) is 5.88 Å². The summed E-state index contributed by atoms with van der Waals surface area (Å²) in [6.07, 6.45) is 1.86. The Morgan fingerprint density at radius 1 is 1.31 bits per heavy atom. The van der Waals surface area contributed by atoms with E-state index >= 15 is 0 Å². The Bertz CT molecular complexity index is 786. The highest BCUT2D eigenvalue weighted by atomic mass is 127. The SMILES string of the molecule is CCNC(=NCc1ccc(OC(C)C)nc1)NCC(C)(O)c1cc(C)oc1C.I. The Balaban J connectivity index is 0.00000420. The fourth-order valence-electron chi connectivity index (χ4n) is 2.84. The molecule has 0 aliphatic heterocycles. The smallest absolute Gasteiger partial charge is 0.213 e. The molecule has 0 aromatic carbocycles. The van der Waals surface area contributed by atoms with Crippen molar-refractivity contribution in [1.29, 1.82) is 0 Å². The molecule has 2 heterocycles. The molecule has 0 radical (unpaired) electrons. The molecule has 0 bridgehead atoms. The van der Waals surface area contributed by atoms with Gasteiger partial charge in [0.15, 0.2) is 5.96 Å². The molecule has 1 unspecified atom stereocenters. The molecule has 8 heteroatoms. The van der Waals surface area contributed by atoms with Gasteiger partial charge in [0.05, 0.1) is 19.2 Å². The fraction of sp³-hybridized carbons (Fsp3) is 0.524. The minimum Gasteiger partial charge on any atom is -0.475 e. The van der Waals surface area contributed by atoms with Crippen molar-refractivity contribution >= 4 is 29.9 Å². The maximum absolute atomic E-state index is 10.9. The van der Waals surface area contributed by atoms with Gasteiger partial charge < -0.3 is 24.9 Å². The van der Waals surface area contributed by atoms with Gasteiger partial charge in [-0.2, -0.15) is 0 Å². The molecule has 0 spiro atoms. The number of aliphatic imine (C=N–C) groups is 1. The fourth-order valence-corrected chi connectivity index (χ4v) is 2.84. The van der Waals surface area contributed by atoms with E-state index in [-0.39, 0.29) is 30.1 Å². The number of nitrogens with one attached hydrogen (secondary N) is 2. The van der Waals surface area contributed by atoms with Gasteiger partial charge in [-0.1, -0.05) is 6.07 Å². The number of pyridine rings is 1. The first-order chi connectivity index (χ1) is 13.2. The van der Waals surface area contributed by atoms with E-state index < -0.39 is 5.60 Å². The third-order valence-corrected chi connectivity index (χ3v) is 4.14. The highest BCUT2D eigenvalue weighted by Gasteiger charge is 2.27. The number of aromatic nitrogens is 1. The van der Waals surface area contributed by atoms with E-state index in [1.54, 1.807) is 13.1 Å². The number of ether oxygens (including phenoxy) is 1. The van der Waals surface area contributed by atoms with E-state index in [1.165, 1.54) is 0 Å². The summed E-state index contributed by atoms with van der Waals surface area (Å²) in [5.74, 6) is 2.74. The van der Waals surface area contributed by atoms with Gasteiger partial charge in [0.1, 0.15) is 17.1 Å². The molecular weight excluding hydrogens is 483 g/mol. The molecule has 29 heavy (non-hydrogen) atoms. The van der Waals surface area contributed by atoms with Crippen LogP contribution in [0.5, 0.6) is 5.88 Å². The molecule has 0 saturated carbocycles. The number of hydrogen-bond acceptors (Lipinski definition) is 5. The van der Waals surface area contributed by atoms with Gasteiger partial charge in [-0.25, -0.2) is 9.98 Å². The summed E-state index contributed by atoms with van der Waals surface area (Å²) in [6.45, 7) is 12.9. The number of hydrogen-bond donors (Lipinski definition) is 3. The molecule has 1 atom stereocenters. The van der Waals surface area contributed by atoms with Crippen molar-refractivity contribution in [3.63, 3.8) is 0 Å². The molecule has 2 aromatic heterocycles. The molecule has 0 fully saturated rings. The molecule has 2 aromatic rings. The minimum atomic E-state index is -1.07. The number of furan rings is 1. The van der Waals surface area contributed by atoms with Crippen LogP contribution in [0.25, 0.3) is 0 Å². The Labute approximate surface area is 190 Å². The van der Waals surface area contributed by atoms with Gasteiger partial charge >= 0.3 is 0 Å². The van der Waals surface area contributed by atoms with E-state index in [0.29, 0.717) is 24.9 Å². The maximum Gasteiger partial charge on any atom is 0.213 e. The summed E-state index contributed by atoms with van der Waals surface area (Å²) in [4.78, 5) is 8.87. The summed E-state index contributed by atoms with van der Waals surface area (Å²) >= 11 is 0. The van der Waals surface area contributed by atoms with Crippen molar-refractivity contribution in [1.82, 2.24) is 15.6 Å². The first kappa shape index (κ1) is 25.2. The Hall–Kier alpha value is -1.81. The van der Waals surface area contributed by atoms with Crippen molar-refractivity contribution in [3.05, 3.63) is 47.0 Å². The maximum atomic E-state index is 10.9. The van der Waals surface area contributed by atoms with Crippen LogP contribution in [-0.4, -0.2) is 35.2 Å². The lowest BCUT2D eigenvalue weighted by Gasteiger charge is -2.24. The van der Waals surface area contributed by atoms with Crippen LogP contribution in [0.15, 0.2) is 33.8 Å². The van der Waals surface area contributed by atoms with E-state index in [9.17, 15) is 5.11 Å². The summed E-state index contributed by atoms with van der Waals surface area (Å²) in [6, 6.07) is 5.67. The van der Waals surface area contributed by atoms with Crippen molar-refractivity contribution in [2.75, 3.05) is 13.1 Å². The van der Waals surface area contributed by atoms with Crippen LogP contribution in [0.3, 0.4) is 0 Å². The number of halogens is 1. The van der Waals surface area contributed by atoms with E-state index in [1.807, 2.05) is 52.8 Å². The van der Waals surface area contributed by atoms with Crippen molar-refractivity contribution in [2.24, 2.45) is 4.99 Å². The molecule has 162 valence electrons. The van der Waals surface area contributed by atoms with Gasteiger partial charge in [0.25, 0.3) is 0 Å². The van der Waals surface area contributed by atoms with Crippen LogP contribution in [0, 0.1) is 13.8 Å². The lowest BCUT2D eigenvalue weighted by Crippen LogP contribution is -2.44. The standard InChI is InChI=1S/C21H32N4O3.HI/c1-7-22-20(24-12-17-8-9-19(23-11-17)27-14(2)3)25-13-21(6,26)18-10-15(4)28-16(18)5;/h8-11,14,26H,7,12-13H2,1-6H3,(H2,22,24,25);1H. The number of rotatable bonds is 8. The zero-order valence-corrected chi connectivity index (χ0v) is 20.4. The van der Waals surface area contributed by atoms with Gasteiger partial charge in [0.2, 0.25) is 5.88 Å². The lowest BCUT2D eigenvalue weighted by molar-refractivity contribution is 0.0601. The van der Waals surface area contributed by atoms with E-state index in [0.717, 1.165) is 29.2 Å². The summed E-state index contributed by atoms with van der Waals surface area (Å²) in [5.41, 5.74) is 0.676. The average molecular weight is 516 g/mol. The second-order valence-corrected chi connectivity index (χ2v) is 7.32. The number of aliphatic hydroxyl groups is 1. The normalized spacial score (nSPS) is 13.6. The molecule has 2 rings (SSSR count). The second kappa shape index (κ2) is 11.4. The lowest BCUT2D eigenvalue weighted by atomic mass is 9.96. The highest BCUT2D eigenvalue weighted by molar-refractivity contribution is 14.0. The van der Waals surface area contributed by atoms with E-state index in [4.69, 9.17) is 9.15 Å². The Morgan fingerprint density at radius 2 is 2.03 bits per heavy atom. The number of guanidine groups is 1. The molecular formula is C21H33IN4O3. The Kier molecular flexibility index (Phi) is 9.91. The summed E-state index contributed by atoms with van der Waals surface area (Å²) < 4.78 is 11.1. The van der Waals surface area contributed by atoms with Crippen LogP contribution in [0.1, 0.15) is 50.3 Å². The molecule has 0 aliphatic rings. The monoisotopic (exact) mass is 516 g/mol. The molecule has 0 amide bonds. The topological polar surface area (TPSA) is 91.9 Å². The average Bonchev–Trinajstić information content (AvgIpc) is 2.97. The highest BCUT2D eigenvalue weighted by Crippen LogP contribution is 2.26. The number of aryl methyl sites for hydroxylation is 2. The van der Waals surface area contributed by atoms with Crippen LogP contribution in [-0.2, 0) is 12.1 Å².